The average Bonchev–Trinajstić information content (AvgIpc) is 2.42. The Labute approximate surface area is 123 Å². The highest BCUT2D eigenvalue weighted by atomic mass is 19.4. The molecule has 1 aromatic rings. The lowest BCUT2D eigenvalue weighted by molar-refractivity contribution is -0.138. The molecule has 0 saturated heterocycles. The van der Waals surface area contributed by atoms with Crippen LogP contribution in [0.15, 0.2) is 18.2 Å². The second kappa shape index (κ2) is 8.34. The predicted molar refractivity (Wildman–Crippen MR) is 75.5 cm³/mol. The van der Waals surface area contributed by atoms with Crippen LogP contribution in [0.4, 0.5) is 17.6 Å². The van der Waals surface area contributed by atoms with Crippen LogP contribution < -0.4 is 5.32 Å². The Morgan fingerprint density at radius 1 is 1.14 bits per heavy atom. The number of alkyl halides is 3. The minimum absolute atomic E-state index is 0.0717. The molecule has 0 aliphatic rings. The molecule has 0 atom stereocenters. The van der Waals surface area contributed by atoms with Crippen molar-refractivity contribution in [3.63, 3.8) is 0 Å². The van der Waals surface area contributed by atoms with Crippen LogP contribution in [-0.2, 0) is 12.7 Å². The zero-order valence-corrected chi connectivity index (χ0v) is 12.4. The number of nitrogens with one attached hydrogen (secondary N) is 1. The monoisotopic (exact) mass is 306 g/mol. The third-order valence-corrected chi connectivity index (χ3v) is 3.28. The van der Waals surface area contributed by atoms with Crippen molar-refractivity contribution in [2.45, 2.75) is 33.0 Å². The lowest BCUT2D eigenvalue weighted by Crippen LogP contribution is -2.32. The normalized spacial score (nSPS) is 12.1. The molecule has 21 heavy (non-hydrogen) atoms. The van der Waals surface area contributed by atoms with Gasteiger partial charge in [-0.2, -0.15) is 13.2 Å². The van der Waals surface area contributed by atoms with Crippen LogP contribution in [0.5, 0.6) is 0 Å². The van der Waals surface area contributed by atoms with E-state index in [0.717, 1.165) is 32.1 Å². The first-order valence-corrected chi connectivity index (χ1v) is 7.17. The first kappa shape index (κ1) is 17.9. The third kappa shape index (κ3) is 6.01. The molecule has 6 heteroatoms. The summed E-state index contributed by atoms with van der Waals surface area (Å²) < 4.78 is 51.4. The molecule has 0 saturated carbocycles. The van der Waals surface area contributed by atoms with Gasteiger partial charge in [0.25, 0.3) is 0 Å². The van der Waals surface area contributed by atoms with Crippen molar-refractivity contribution < 1.29 is 17.6 Å². The van der Waals surface area contributed by atoms with Gasteiger partial charge in [0, 0.05) is 19.6 Å². The number of halogens is 4. The van der Waals surface area contributed by atoms with Crippen molar-refractivity contribution in [1.29, 1.82) is 0 Å². The fourth-order valence-electron chi connectivity index (χ4n) is 2.17. The first-order chi connectivity index (χ1) is 9.88. The van der Waals surface area contributed by atoms with Gasteiger partial charge in [-0.25, -0.2) is 4.39 Å². The van der Waals surface area contributed by atoms with Gasteiger partial charge in [-0.15, -0.1) is 0 Å². The van der Waals surface area contributed by atoms with E-state index in [2.05, 4.69) is 24.1 Å². The summed E-state index contributed by atoms with van der Waals surface area (Å²) >= 11 is 0. The summed E-state index contributed by atoms with van der Waals surface area (Å²) in [4.78, 5) is 2.22. The van der Waals surface area contributed by atoms with Crippen LogP contribution in [0.3, 0.4) is 0 Å². The van der Waals surface area contributed by atoms with Gasteiger partial charge in [0.1, 0.15) is 5.82 Å². The van der Waals surface area contributed by atoms with Gasteiger partial charge < -0.3 is 10.2 Å². The zero-order valence-electron chi connectivity index (χ0n) is 12.4. The fourth-order valence-corrected chi connectivity index (χ4v) is 2.17. The van der Waals surface area contributed by atoms with Crippen LogP contribution in [-0.4, -0.2) is 31.1 Å². The van der Waals surface area contributed by atoms with E-state index in [1.807, 2.05) is 0 Å². The van der Waals surface area contributed by atoms with Gasteiger partial charge in [-0.1, -0.05) is 19.9 Å². The molecule has 120 valence electrons. The summed E-state index contributed by atoms with van der Waals surface area (Å²) in [7, 11) is 0. The summed E-state index contributed by atoms with van der Waals surface area (Å²) in [5, 5.41) is 2.99. The Kier molecular flexibility index (Phi) is 7.11. The lowest BCUT2D eigenvalue weighted by Gasteiger charge is -2.20. The standard InChI is InChI=1S/C15H22F4N2/c1-3-8-21(4-2)9-7-20-11-12-5-6-13(16)10-14(12)15(17,18)19/h5-6,10,20H,3-4,7-9,11H2,1-2H3. The predicted octanol–water partition coefficient (Wildman–Crippen LogP) is 3.67. The van der Waals surface area contributed by atoms with E-state index in [4.69, 9.17) is 0 Å². The summed E-state index contributed by atoms with van der Waals surface area (Å²) in [5.74, 6) is -0.869. The summed E-state index contributed by atoms with van der Waals surface area (Å²) in [6.07, 6.45) is -3.49. The SMILES string of the molecule is CCCN(CC)CCNCc1ccc(F)cc1C(F)(F)F. The van der Waals surface area contributed by atoms with E-state index in [0.29, 0.717) is 12.6 Å². The maximum atomic E-state index is 13.0. The summed E-state index contributed by atoms with van der Waals surface area (Å²) in [6.45, 7) is 7.50. The molecule has 1 aromatic carbocycles. The molecule has 0 amide bonds. The van der Waals surface area contributed by atoms with E-state index in [1.165, 1.54) is 6.07 Å². The van der Waals surface area contributed by atoms with Crippen LogP contribution >= 0.6 is 0 Å². The first-order valence-electron chi connectivity index (χ1n) is 7.17. The molecular formula is C15H22F4N2. The van der Waals surface area contributed by atoms with Gasteiger partial charge >= 0.3 is 6.18 Å². The van der Waals surface area contributed by atoms with Gasteiger partial charge in [-0.3, -0.25) is 0 Å². The van der Waals surface area contributed by atoms with Crippen LogP contribution in [0, 0.1) is 5.82 Å². The third-order valence-electron chi connectivity index (χ3n) is 3.28. The Morgan fingerprint density at radius 3 is 2.43 bits per heavy atom. The Hall–Kier alpha value is -1.14. The molecule has 0 bridgehead atoms. The number of benzene rings is 1. The minimum Gasteiger partial charge on any atom is -0.311 e. The van der Waals surface area contributed by atoms with Gasteiger partial charge in [0.05, 0.1) is 5.56 Å². The number of hydrogen-bond acceptors (Lipinski definition) is 2. The molecular weight excluding hydrogens is 284 g/mol. The van der Waals surface area contributed by atoms with E-state index in [-0.39, 0.29) is 12.1 Å². The van der Waals surface area contributed by atoms with Crippen molar-refractivity contribution in [3.05, 3.63) is 35.1 Å². The smallest absolute Gasteiger partial charge is 0.311 e. The van der Waals surface area contributed by atoms with Crippen molar-refractivity contribution in [2.24, 2.45) is 0 Å². The molecule has 0 fully saturated rings. The van der Waals surface area contributed by atoms with Crippen molar-refractivity contribution in [3.8, 4) is 0 Å². The Balaban J connectivity index is 2.56. The topological polar surface area (TPSA) is 15.3 Å². The van der Waals surface area contributed by atoms with Crippen molar-refractivity contribution >= 4 is 0 Å². The number of likely N-dealkylation sites (N-methyl/N-ethyl adjacent to an activating group) is 1. The van der Waals surface area contributed by atoms with Crippen molar-refractivity contribution in [2.75, 3.05) is 26.2 Å². The van der Waals surface area contributed by atoms with Crippen LogP contribution in [0.25, 0.3) is 0 Å². The van der Waals surface area contributed by atoms with E-state index >= 15 is 0 Å². The van der Waals surface area contributed by atoms with E-state index < -0.39 is 17.6 Å². The van der Waals surface area contributed by atoms with Crippen LogP contribution in [0.2, 0.25) is 0 Å². The summed E-state index contributed by atoms with van der Waals surface area (Å²) in [5.41, 5.74) is -0.835. The highest BCUT2D eigenvalue weighted by molar-refractivity contribution is 5.30. The molecule has 1 N–H and O–H groups in total. The average molecular weight is 306 g/mol. The van der Waals surface area contributed by atoms with Crippen molar-refractivity contribution in [1.82, 2.24) is 10.2 Å². The molecule has 0 radical (unpaired) electrons. The minimum atomic E-state index is -4.53. The molecule has 0 spiro atoms. The Morgan fingerprint density at radius 2 is 1.86 bits per heavy atom. The molecule has 0 unspecified atom stereocenters. The van der Waals surface area contributed by atoms with E-state index in [1.54, 1.807) is 0 Å². The van der Waals surface area contributed by atoms with Gasteiger partial charge in [0.15, 0.2) is 0 Å². The number of nitrogens with zero attached hydrogens (tertiary/aromatic N) is 1. The maximum absolute atomic E-state index is 13.0. The quantitative estimate of drug-likeness (QED) is 0.582. The molecule has 0 aliphatic carbocycles. The fraction of sp³-hybridized carbons (Fsp3) is 0.600. The zero-order chi connectivity index (χ0) is 15.9. The summed E-state index contributed by atoms with van der Waals surface area (Å²) in [6, 6.07) is 2.79. The number of rotatable bonds is 8. The second-order valence-corrected chi connectivity index (χ2v) is 4.91. The van der Waals surface area contributed by atoms with Crippen LogP contribution in [0.1, 0.15) is 31.4 Å². The van der Waals surface area contributed by atoms with Gasteiger partial charge in [0.2, 0.25) is 0 Å². The Bertz CT molecular complexity index is 432. The molecule has 0 aliphatic heterocycles. The van der Waals surface area contributed by atoms with E-state index in [9.17, 15) is 17.6 Å². The molecule has 1 rings (SSSR count). The van der Waals surface area contributed by atoms with Gasteiger partial charge in [-0.05, 0) is 37.2 Å². The molecule has 0 heterocycles. The number of hydrogen-bond donors (Lipinski definition) is 1. The maximum Gasteiger partial charge on any atom is 0.416 e. The largest absolute Gasteiger partial charge is 0.416 e. The molecule has 0 aromatic heterocycles. The second-order valence-electron chi connectivity index (χ2n) is 4.91. The highest BCUT2D eigenvalue weighted by Crippen LogP contribution is 2.32. The highest BCUT2D eigenvalue weighted by Gasteiger charge is 2.33. The molecule has 2 nitrogen and oxygen atoms in total. The lowest BCUT2D eigenvalue weighted by atomic mass is 10.1.